The first-order valence-corrected chi connectivity index (χ1v) is 4.55. The van der Waals surface area contributed by atoms with Gasteiger partial charge in [0.2, 0.25) is 0 Å². The van der Waals surface area contributed by atoms with E-state index in [-0.39, 0.29) is 0 Å². The molecule has 0 aliphatic rings. The molecule has 1 N–H and O–H groups in total. The molecule has 0 saturated carbocycles. The minimum absolute atomic E-state index is 0.990. The van der Waals surface area contributed by atoms with Crippen molar-refractivity contribution in [1.29, 1.82) is 0 Å². The molecule has 0 spiro atoms. The third kappa shape index (κ3) is 4.01. The molecule has 0 bridgehead atoms. The average molecular weight is 179 g/mol. The van der Waals surface area contributed by atoms with Gasteiger partial charge in [0.25, 0.3) is 0 Å². The van der Waals surface area contributed by atoms with E-state index >= 15 is 0 Å². The Kier molecular flexibility index (Phi) is 4.43. The van der Waals surface area contributed by atoms with Gasteiger partial charge in [0, 0.05) is 32.0 Å². The Balaban J connectivity index is 2.32. The number of rotatable bonds is 5. The number of hydrogen-bond donors (Lipinski definition) is 1. The molecule has 13 heavy (non-hydrogen) atoms. The summed E-state index contributed by atoms with van der Waals surface area (Å²) in [6, 6.07) is 4.10. The van der Waals surface area contributed by atoms with Crippen LogP contribution in [0.1, 0.15) is 5.56 Å². The van der Waals surface area contributed by atoms with Crippen molar-refractivity contribution in [3.05, 3.63) is 30.1 Å². The average Bonchev–Trinajstić information content (AvgIpc) is 2.16. The maximum absolute atomic E-state index is 3.98. The first-order chi connectivity index (χ1) is 6.33. The SMILES string of the molecule is CNCCN(C)Cc1ccncc1. The zero-order valence-corrected chi connectivity index (χ0v) is 8.33. The normalized spacial score (nSPS) is 10.7. The molecule has 72 valence electrons. The molecule has 0 fully saturated rings. The summed E-state index contributed by atoms with van der Waals surface area (Å²) in [5.41, 5.74) is 1.31. The van der Waals surface area contributed by atoms with E-state index in [2.05, 4.69) is 34.4 Å². The highest BCUT2D eigenvalue weighted by molar-refractivity contribution is 5.09. The van der Waals surface area contributed by atoms with Gasteiger partial charge in [0.1, 0.15) is 0 Å². The minimum Gasteiger partial charge on any atom is -0.318 e. The molecule has 0 radical (unpaired) electrons. The standard InChI is InChI=1S/C10H17N3/c1-11-7-8-13(2)9-10-3-5-12-6-4-10/h3-6,11H,7-9H2,1-2H3. The Labute approximate surface area is 79.8 Å². The van der Waals surface area contributed by atoms with Crippen molar-refractivity contribution < 1.29 is 0 Å². The molecule has 0 unspecified atom stereocenters. The van der Waals surface area contributed by atoms with Crippen molar-refractivity contribution in [1.82, 2.24) is 15.2 Å². The highest BCUT2D eigenvalue weighted by Gasteiger charge is 1.97. The van der Waals surface area contributed by atoms with Crippen molar-refractivity contribution in [2.75, 3.05) is 27.2 Å². The maximum Gasteiger partial charge on any atom is 0.0271 e. The summed E-state index contributed by atoms with van der Waals surface area (Å²) in [5, 5.41) is 3.13. The number of nitrogens with zero attached hydrogens (tertiary/aromatic N) is 2. The molecule has 3 nitrogen and oxygen atoms in total. The topological polar surface area (TPSA) is 28.2 Å². The summed E-state index contributed by atoms with van der Waals surface area (Å²) in [6.07, 6.45) is 3.67. The predicted molar refractivity (Wildman–Crippen MR) is 54.5 cm³/mol. The van der Waals surface area contributed by atoms with Crippen molar-refractivity contribution >= 4 is 0 Å². The zero-order chi connectivity index (χ0) is 9.52. The van der Waals surface area contributed by atoms with Crippen LogP contribution in [0.15, 0.2) is 24.5 Å². The molecule has 1 rings (SSSR count). The number of hydrogen-bond acceptors (Lipinski definition) is 3. The fourth-order valence-corrected chi connectivity index (χ4v) is 1.18. The first kappa shape index (κ1) is 10.2. The molecule has 0 atom stereocenters. The highest BCUT2D eigenvalue weighted by Crippen LogP contribution is 1.99. The van der Waals surface area contributed by atoms with Crippen molar-refractivity contribution in [3.63, 3.8) is 0 Å². The van der Waals surface area contributed by atoms with Gasteiger partial charge in [-0.2, -0.15) is 0 Å². The summed E-state index contributed by atoms with van der Waals surface area (Å²) in [4.78, 5) is 6.27. The summed E-state index contributed by atoms with van der Waals surface area (Å²) in [6.45, 7) is 3.09. The van der Waals surface area contributed by atoms with Gasteiger partial charge >= 0.3 is 0 Å². The van der Waals surface area contributed by atoms with Crippen LogP contribution in [0.5, 0.6) is 0 Å². The van der Waals surface area contributed by atoms with Crippen LogP contribution in [0.3, 0.4) is 0 Å². The van der Waals surface area contributed by atoms with E-state index in [4.69, 9.17) is 0 Å². The van der Waals surface area contributed by atoms with E-state index in [9.17, 15) is 0 Å². The van der Waals surface area contributed by atoms with Gasteiger partial charge in [0.05, 0.1) is 0 Å². The van der Waals surface area contributed by atoms with Gasteiger partial charge in [-0.15, -0.1) is 0 Å². The minimum atomic E-state index is 0.990. The van der Waals surface area contributed by atoms with Gasteiger partial charge in [0.15, 0.2) is 0 Å². The van der Waals surface area contributed by atoms with Crippen molar-refractivity contribution in [2.45, 2.75) is 6.54 Å². The second kappa shape index (κ2) is 5.67. The van der Waals surface area contributed by atoms with Crippen LogP contribution in [0.25, 0.3) is 0 Å². The fraction of sp³-hybridized carbons (Fsp3) is 0.500. The van der Waals surface area contributed by atoms with Crippen molar-refractivity contribution in [3.8, 4) is 0 Å². The van der Waals surface area contributed by atoms with Crippen LogP contribution in [-0.4, -0.2) is 37.1 Å². The molecule has 1 aromatic heterocycles. The lowest BCUT2D eigenvalue weighted by Crippen LogP contribution is -2.26. The van der Waals surface area contributed by atoms with Gasteiger partial charge in [-0.25, -0.2) is 0 Å². The molecule has 0 aliphatic carbocycles. The maximum atomic E-state index is 3.98. The molecular formula is C10H17N3. The molecule has 0 amide bonds. The Bertz CT molecular complexity index is 223. The monoisotopic (exact) mass is 179 g/mol. The predicted octanol–water partition coefficient (Wildman–Crippen LogP) is 0.733. The zero-order valence-electron chi connectivity index (χ0n) is 8.33. The van der Waals surface area contributed by atoms with E-state index in [0.717, 1.165) is 19.6 Å². The third-order valence-electron chi connectivity index (χ3n) is 1.95. The molecular weight excluding hydrogens is 162 g/mol. The van der Waals surface area contributed by atoms with E-state index < -0.39 is 0 Å². The number of likely N-dealkylation sites (N-methyl/N-ethyl adjacent to an activating group) is 2. The van der Waals surface area contributed by atoms with Gasteiger partial charge < -0.3 is 10.2 Å². The Morgan fingerprint density at radius 1 is 1.38 bits per heavy atom. The van der Waals surface area contributed by atoms with E-state index in [0.29, 0.717) is 0 Å². The van der Waals surface area contributed by atoms with E-state index in [1.165, 1.54) is 5.56 Å². The molecule has 3 heteroatoms. The van der Waals surface area contributed by atoms with Crippen LogP contribution < -0.4 is 5.32 Å². The molecule has 0 aliphatic heterocycles. The van der Waals surface area contributed by atoms with E-state index in [1.807, 2.05) is 19.4 Å². The fourth-order valence-electron chi connectivity index (χ4n) is 1.18. The van der Waals surface area contributed by atoms with Crippen LogP contribution in [-0.2, 0) is 6.54 Å². The molecule has 0 aromatic carbocycles. The molecule has 0 saturated heterocycles. The van der Waals surface area contributed by atoms with E-state index in [1.54, 1.807) is 0 Å². The van der Waals surface area contributed by atoms with Gasteiger partial charge in [-0.3, -0.25) is 4.98 Å². The van der Waals surface area contributed by atoms with Gasteiger partial charge in [-0.05, 0) is 31.8 Å². The van der Waals surface area contributed by atoms with Crippen LogP contribution >= 0.6 is 0 Å². The smallest absolute Gasteiger partial charge is 0.0271 e. The Hall–Kier alpha value is -0.930. The van der Waals surface area contributed by atoms with Crippen LogP contribution in [0.2, 0.25) is 0 Å². The van der Waals surface area contributed by atoms with Crippen LogP contribution in [0, 0.1) is 0 Å². The quantitative estimate of drug-likeness (QED) is 0.722. The second-order valence-corrected chi connectivity index (χ2v) is 3.20. The largest absolute Gasteiger partial charge is 0.318 e. The third-order valence-corrected chi connectivity index (χ3v) is 1.95. The molecule has 1 aromatic rings. The lowest BCUT2D eigenvalue weighted by molar-refractivity contribution is 0.328. The van der Waals surface area contributed by atoms with Crippen LogP contribution in [0.4, 0.5) is 0 Å². The molecule has 1 heterocycles. The number of aromatic nitrogens is 1. The summed E-state index contributed by atoms with van der Waals surface area (Å²) >= 11 is 0. The Morgan fingerprint density at radius 3 is 2.69 bits per heavy atom. The van der Waals surface area contributed by atoms with Crippen molar-refractivity contribution in [2.24, 2.45) is 0 Å². The van der Waals surface area contributed by atoms with Gasteiger partial charge in [-0.1, -0.05) is 0 Å². The number of nitrogens with one attached hydrogen (secondary N) is 1. The Morgan fingerprint density at radius 2 is 2.08 bits per heavy atom. The lowest BCUT2D eigenvalue weighted by Gasteiger charge is -2.15. The number of pyridine rings is 1. The summed E-state index contributed by atoms with van der Waals surface area (Å²) in [7, 11) is 4.10. The second-order valence-electron chi connectivity index (χ2n) is 3.20. The summed E-state index contributed by atoms with van der Waals surface area (Å²) < 4.78 is 0. The first-order valence-electron chi connectivity index (χ1n) is 4.55. The lowest BCUT2D eigenvalue weighted by atomic mass is 10.2. The summed E-state index contributed by atoms with van der Waals surface area (Å²) in [5.74, 6) is 0. The highest BCUT2D eigenvalue weighted by atomic mass is 15.1.